The van der Waals surface area contributed by atoms with Gasteiger partial charge in [-0.25, -0.2) is 0 Å². The number of furan rings is 2. The average Bonchev–Trinajstić information content (AvgIpc) is 3.39. The molecule has 0 atom stereocenters. The van der Waals surface area contributed by atoms with Crippen molar-refractivity contribution in [3.05, 3.63) is 100 Å². The number of carbonyl (C=O) groups is 1. The molecular formula is C23H14Cl2O3. The van der Waals surface area contributed by atoms with Crippen LogP contribution in [0.1, 0.15) is 16.3 Å². The minimum Gasteiger partial charge on any atom is -0.457 e. The van der Waals surface area contributed by atoms with Gasteiger partial charge in [-0.2, -0.15) is 0 Å². The van der Waals surface area contributed by atoms with E-state index in [0.29, 0.717) is 21.6 Å². The van der Waals surface area contributed by atoms with Crippen LogP contribution in [0.5, 0.6) is 0 Å². The highest BCUT2D eigenvalue weighted by molar-refractivity contribution is 6.42. The lowest BCUT2D eigenvalue weighted by Crippen LogP contribution is -1.90. The second-order valence-corrected chi connectivity index (χ2v) is 6.87. The van der Waals surface area contributed by atoms with Gasteiger partial charge >= 0.3 is 0 Å². The van der Waals surface area contributed by atoms with Gasteiger partial charge in [0.05, 0.1) is 10.0 Å². The first-order valence-corrected chi connectivity index (χ1v) is 9.29. The van der Waals surface area contributed by atoms with E-state index in [1.807, 2.05) is 42.5 Å². The summed E-state index contributed by atoms with van der Waals surface area (Å²) in [4.78, 5) is 12.4. The number of allylic oxidation sites excluding steroid dienone is 1. The van der Waals surface area contributed by atoms with E-state index in [4.69, 9.17) is 32.0 Å². The first-order chi connectivity index (χ1) is 13.6. The summed E-state index contributed by atoms with van der Waals surface area (Å²) in [5, 5.41) is 0.889. The molecule has 0 aliphatic carbocycles. The van der Waals surface area contributed by atoms with E-state index in [9.17, 15) is 4.79 Å². The van der Waals surface area contributed by atoms with Crippen molar-refractivity contribution < 1.29 is 13.6 Å². The highest BCUT2D eigenvalue weighted by atomic mass is 35.5. The number of rotatable bonds is 5. The molecule has 4 rings (SSSR count). The lowest BCUT2D eigenvalue weighted by atomic mass is 10.2. The molecule has 138 valence electrons. The van der Waals surface area contributed by atoms with E-state index in [1.54, 1.807) is 36.4 Å². The molecule has 0 aliphatic heterocycles. The number of benzene rings is 2. The molecule has 3 nitrogen and oxygen atoms in total. The van der Waals surface area contributed by atoms with E-state index < -0.39 is 0 Å². The molecule has 2 aromatic heterocycles. The summed E-state index contributed by atoms with van der Waals surface area (Å²) in [5.41, 5.74) is 1.72. The van der Waals surface area contributed by atoms with Crippen LogP contribution >= 0.6 is 23.2 Å². The fraction of sp³-hybridized carbons (Fsp3) is 0. The minimum absolute atomic E-state index is 0.229. The molecule has 2 heterocycles. The minimum atomic E-state index is -0.260. The quantitative estimate of drug-likeness (QED) is 0.255. The predicted molar refractivity (Wildman–Crippen MR) is 112 cm³/mol. The number of halogens is 2. The van der Waals surface area contributed by atoms with Crippen molar-refractivity contribution in [2.45, 2.75) is 0 Å². The molecule has 0 saturated heterocycles. The fourth-order valence-corrected chi connectivity index (χ4v) is 3.01. The smallest absolute Gasteiger partial charge is 0.221 e. The molecule has 0 unspecified atom stereocenters. The van der Waals surface area contributed by atoms with Crippen molar-refractivity contribution in [1.29, 1.82) is 0 Å². The number of carbonyl (C=O) groups excluding carboxylic acids is 1. The van der Waals surface area contributed by atoms with Gasteiger partial charge in [0.1, 0.15) is 17.3 Å². The molecular weight excluding hydrogens is 395 g/mol. The molecule has 0 fully saturated rings. The summed E-state index contributed by atoms with van der Waals surface area (Å²) in [7, 11) is 0. The number of hydrogen-bond acceptors (Lipinski definition) is 3. The molecule has 2 aromatic carbocycles. The largest absolute Gasteiger partial charge is 0.457 e. The Morgan fingerprint density at radius 3 is 2.29 bits per heavy atom. The Hall–Kier alpha value is -3.01. The van der Waals surface area contributed by atoms with E-state index in [0.717, 1.165) is 16.9 Å². The van der Waals surface area contributed by atoms with Crippen LogP contribution in [-0.4, -0.2) is 5.78 Å². The highest BCUT2D eigenvalue weighted by Gasteiger charge is 2.11. The molecule has 4 aromatic rings. The zero-order valence-electron chi connectivity index (χ0n) is 14.6. The average molecular weight is 409 g/mol. The molecule has 5 heteroatoms. The van der Waals surface area contributed by atoms with Crippen LogP contribution in [0.25, 0.3) is 28.7 Å². The second kappa shape index (κ2) is 7.93. The van der Waals surface area contributed by atoms with Crippen molar-refractivity contribution in [3.63, 3.8) is 0 Å². The van der Waals surface area contributed by atoms with Crippen molar-refractivity contribution in [2.24, 2.45) is 0 Å². The van der Waals surface area contributed by atoms with Crippen LogP contribution < -0.4 is 0 Å². The monoisotopic (exact) mass is 408 g/mol. The molecule has 0 N–H and O–H groups in total. The molecule has 28 heavy (non-hydrogen) atoms. The maximum absolute atomic E-state index is 12.4. The first kappa shape index (κ1) is 18.4. The second-order valence-electron chi connectivity index (χ2n) is 6.06. The Bertz CT molecular complexity index is 1150. The maximum atomic E-state index is 12.4. The van der Waals surface area contributed by atoms with Gasteiger partial charge < -0.3 is 8.83 Å². The van der Waals surface area contributed by atoms with Gasteiger partial charge in [-0.3, -0.25) is 4.79 Å². The Labute approximate surface area is 171 Å². The molecule has 0 aliphatic rings. The third-order valence-electron chi connectivity index (χ3n) is 4.14. The summed E-state index contributed by atoms with van der Waals surface area (Å²) in [6, 6.07) is 22.0. The molecule has 0 amide bonds. The predicted octanol–water partition coefficient (Wildman–Crippen LogP) is 7.41. The van der Waals surface area contributed by atoms with E-state index in [-0.39, 0.29) is 11.5 Å². The van der Waals surface area contributed by atoms with Crippen molar-refractivity contribution in [2.75, 3.05) is 0 Å². The van der Waals surface area contributed by atoms with Crippen LogP contribution in [0, 0.1) is 0 Å². The van der Waals surface area contributed by atoms with Crippen molar-refractivity contribution in [1.82, 2.24) is 0 Å². The third-order valence-corrected chi connectivity index (χ3v) is 4.88. The van der Waals surface area contributed by atoms with Gasteiger partial charge in [-0.05, 0) is 54.6 Å². The van der Waals surface area contributed by atoms with Crippen LogP contribution in [0.4, 0.5) is 0 Å². The van der Waals surface area contributed by atoms with Crippen molar-refractivity contribution >= 4 is 35.1 Å². The summed E-state index contributed by atoms with van der Waals surface area (Å²) < 4.78 is 11.4. The third kappa shape index (κ3) is 3.96. The molecule has 0 saturated carbocycles. The topological polar surface area (TPSA) is 43.4 Å². The zero-order valence-corrected chi connectivity index (χ0v) is 16.1. The SMILES string of the molecule is O=C(C=Cc1ccc(-c2ccccc2)o1)c1ccc(-c2ccc(Cl)c(Cl)c2)o1. The molecule has 0 spiro atoms. The van der Waals surface area contributed by atoms with Gasteiger partial charge in [0.2, 0.25) is 5.78 Å². The van der Waals surface area contributed by atoms with Crippen LogP contribution in [0.2, 0.25) is 10.0 Å². The summed E-state index contributed by atoms with van der Waals surface area (Å²) in [6.07, 6.45) is 3.04. The number of ketones is 1. The van der Waals surface area contributed by atoms with Gasteiger partial charge in [0.15, 0.2) is 5.76 Å². The van der Waals surface area contributed by atoms with E-state index in [1.165, 1.54) is 6.08 Å². The van der Waals surface area contributed by atoms with Gasteiger partial charge in [-0.15, -0.1) is 0 Å². The maximum Gasteiger partial charge on any atom is 0.221 e. The highest BCUT2D eigenvalue weighted by Crippen LogP contribution is 2.30. The van der Waals surface area contributed by atoms with Gasteiger partial charge in [0.25, 0.3) is 0 Å². The normalized spacial score (nSPS) is 11.2. The van der Waals surface area contributed by atoms with Crippen molar-refractivity contribution in [3.8, 4) is 22.6 Å². The Balaban J connectivity index is 1.49. The van der Waals surface area contributed by atoms with Crippen LogP contribution in [0.3, 0.4) is 0 Å². The lowest BCUT2D eigenvalue weighted by Gasteiger charge is -1.99. The Kier molecular flexibility index (Phi) is 5.20. The zero-order chi connectivity index (χ0) is 19.5. The van der Waals surface area contributed by atoms with E-state index >= 15 is 0 Å². The Morgan fingerprint density at radius 1 is 0.750 bits per heavy atom. The summed E-state index contributed by atoms with van der Waals surface area (Å²) in [5.74, 6) is 1.84. The summed E-state index contributed by atoms with van der Waals surface area (Å²) in [6.45, 7) is 0. The lowest BCUT2D eigenvalue weighted by molar-refractivity contribution is 0.102. The number of hydrogen-bond donors (Lipinski definition) is 0. The fourth-order valence-electron chi connectivity index (χ4n) is 2.71. The standard InChI is InChI=1S/C23H14Cl2O3/c24-18-9-6-16(14-19(18)25)22-12-13-23(28-22)20(26)10-7-17-8-11-21(27-17)15-4-2-1-3-5-15/h1-14H. The van der Waals surface area contributed by atoms with E-state index in [2.05, 4.69) is 0 Å². The Morgan fingerprint density at radius 2 is 1.50 bits per heavy atom. The molecule has 0 radical (unpaired) electrons. The molecule has 0 bridgehead atoms. The van der Waals surface area contributed by atoms with Crippen LogP contribution in [0.15, 0.2) is 87.7 Å². The first-order valence-electron chi connectivity index (χ1n) is 8.53. The van der Waals surface area contributed by atoms with Gasteiger partial charge in [0, 0.05) is 11.1 Å². The van der Waals surface area contributed by atoms with Crippen LogP contribution in [-0.2, 0) is 0 Å². The summed E-state index contributed by atoms with van der Waals surface area (Å²) >= 11 is 12.0. The van der Waals surface area contributed by atoms with Gasteiger partial charge in [-0.1, -0.05) is 53.5 Å².